The number of halogens is 1. The van der Waals surface area contributed by atoms with Crippen LogP contribution in [-0.4, -0.2) is 33.1 Å². The zero-order valence-electron chi connectivity index (χ0n) is 20.6. The van der Waals surface area contributed by atoms with Crippen molar-refractivity contribution in [2.24, 2.45) is 5.92 Å². The smallest absolute Gasteiger partial charge is 0.410 e. The normalized spacial score (nSPS) is 20.4. The maximum Gasteiger partial charge on any atom is 0.410 e. The third kappa shape index (κ3) is 3.98. The molecule has 182 valence electrons. The molecule has 1 amide bonds. The number of rotatable bonds is 1. The molecule has 3 heterocycles. The largest absolute Gasteiger partial charge is 0.488 e. The monoisotopic (exact) mass is 491 g/mol. The molecule has 0 saturated carbocycles. The Morgan fingerprint density at radius 1 is 1.14 bits per heavy atom. The molecule has 0 spiro atoms. The lowest BCUT2D eigenvalue weighted by Crippen LogP contribution is -2.37. The Morgan fingerprint density at radius 2 is 1.97 bits per heavy atom. The highest BCUT2D eigenvalue weighted by Crippen LogP contribution is 2.45. The molecule has 3 aliphatic rings. The molecule has 0 radical (unpaired) electrons. The number of benzene rings is 2. The van der Waals surface area contributed by atoms with E-state index in [-0.39, 0.29) is 12.1 Å². The number of hydrogen-bond donors (Lipinski definition) is 1. The Labute approximate surface area is 210 Å². The number of nitrogens with one attached hydrogen (secondary N) is 1. The van der Waals surface area contributed by atoms with Crippen LogP contribution in [0, 0.1) is 5.92 Å². The second kappa shape index (κ2) is 8.02. The van der Waals surface area contributed by atoms with E-state index in [9.17, 15) is 4.79 Å². The first-order chi connectivity index (χ1) is 16.7. The quantitative estimate of drug-likeness (QED) is 0.411. The lowest BCUT2D eigenvalue weighted by molar-refractivity contribution is 0.0214. The van der Waals surface area contributed by atoms with Gasteiger partial charge in [-0.1, -0.05) is 24.6 Å². The minimum absolute atomic E-state index is 0.112. The summed E-state index contributed by atoms with van der Waals surface area (Å²) in [7, 11) is 0. The Hall–Kier alpha value is -2.99. The van der Waals surface area contributed by atoms with E-state index in [1.807, 2.05) is 37.8 Å². The van der Waals surface area contributed by atoms with Gasteiger partial charge in [0.1, 0.15) is 23.8 Å². The van der Waals surface area contributed by atoms with Gasteiger partial charge in [0.25, 0.3) is 0 Å². The third-order valence-electron chi connectivity index (χ3n) is 7.10. The van der Waals surface area contributed by atoms with Gasteiger partial charge in [-0.15, -0.1) is 0 Å². The van der Waals surface area contributed by atoms with E-state index in [4.69, 9.17) is 26.1 Å². The summed E-state index contributed by atoms with van der Waals surface area (Å²) < 4.78 is 11.8. The molecule has 1 aliphatic carbocycles. The van der Waals surface area contributed by atoms with Gasteiger partial charge >= 0.3 is 6.09 Å². The summed E-state index contributed by atoms with van der Waals surface area (Å²) in [4.78, 5) is 23.4. The van der Waals surface area contributed by atoms with Crippen LogP contribution in [0.15, 0.2) is 30.3 Å². The molecule has 3 aromatic rings. The number of aryl methyl sites for hydroxylation is 2. The number of carbonyl (C=O) groups is 1. The highest BCUT2D eigenvalue weighted by molar-refractivity contribution is 6.30. The highest BCUT2D eigenvalue weighted by atomic mass is 35.5. The first-order valence-corrected chi connectivity index (χ1v) is 12.7. The van der Waals surface area contributed by atoms with Gasteiger partial charge < -0.3 is 14.5 Å². The Balaban J connectivity index is 1.36. The van der Waals surface area contributed by atoms with Crippen LogP contribution in [0.5, 0.6) is 5.75 Å². The summed E-state index contributed by atoms with van der Waals surface area (Å²) in [6, 6.07) is 10.3. The zero-order valence-corrected chi connectivity index (χ0v) is 21.3. The first-order valence-electron chi connectivity index (χ1n) is 12.3. The van der Waals surface area contributed by atoms with Crippen LogP contribution >= 0.6 is 11.6 Å². The Kier molecular flexibility index (Phi) is 5.15. The summed E-state index contributed by atoms with van der Waals surface area (Å²) in [6.45, 7) is 9.05. The first kappa shape index (κ1) is 22.5. The molecule has 6 rings (SSSR count). The van der Waals surface area contributed by atoms with Crippen LogP contribution in [0.1, 0.15) is 62.8 Å². The van der Waals surface area contributed by atoms with E-state index in [1.165, 1.54) is 11.1 Å². The standard InChI is InChI=1S/C28H30ClN3O3/c1-15-9-23(32(13-15)27(33)35-28(2,3)4)26-30-22-8-5-16-11-21-19-7-6-18(29)10-17(19)14-34-24(21)12-20(16)25(22)31-26/h6-7,10-12,15,23H,5,8-9,13-14H2,1-4H3,(H,30,31)/t15-,23-/m0/s1. The SMILES string of the molecule is C[C@H]1C[C@@H](c2nc3c([nH]2)CCc2cc4c(cc2-3)OCc2cc(Cl)ccc2-4)N(C(=O)OC(C)(C)C)C1. The number of aromatic amines is 1. The van der Waals surface area contributed by atoms with Crippen molar-refractivity contribution < 1.29 is 14.3 Å². The molecule has 6 nitrogen and oxygen atoms in total. The molecule has 2 aliphatic heterocycles. The molecule has 1 fully saturated rings. The van der Waals surface area contributed by atoms with Gasteiger partial charge in [-0.3, -0.25) is 4.90 Å². The fourth-order valence-corrected chi connectivity index (χ4v) is 5.75. The summed E-state index contributed by atoms with van der Waals surface area (Å²) in [6.07, 6.45) is 2.40. The number of likely N-dealkylation sites (tertiary alicyclic amines) is 1. The number of H-pyrrole nitrogens is 1. The van der Waals surface area contributed by atoms with E-state index in [0.717, 1.165) is 63.9 Å². The predicted molar refractivity (Wildman–Crippen MR) is 136 cm³/mol. The molecular formula is C28H30ClN3O3. The van der Waals surface area contributed by atoms with Crippen LogP contribution in [0.25, 0.3) is 22.4 Å². The van der Waals surface area contributed by atoms with Crippen LogP contribution in [0.4, 0.5) is 4.79 Å². The lowest BCUT2D eigenvalue weighted by atomic mass is 9.87. The number of carbonyl (C=O) groups excluding carboxylic acids is 1. The number of nitrogens with zero attached hydrogens (tertiary/aromatic N) is 2. The molecule has 1 aromatic heterocycles. The van der Waals surface area contributed by atoms with Gasteiger partial charge in [-0.05, 0) is 86.9 Å². The van der Waals surface area contributed by atoms with Crippen molar-refractivity contribution >= 4 is 17.7 Å². The van der Waals surface area contributed by atoms with Crippen molar-refractivity contribution in [1.29, 1.82) is 0 Å². The number of aromatic nitrogens is 2. The topological polar surface area (TPSA) is 67.5 Å². The van der Waals surface area contributed by atoms with Crippen LogP contribution in [-0.2, 0) is 24.2 Å². The number of ether oxygens (including phenoxy) is 2. The molecule has 0 unspecified atom stereocenters. The van der Waals surface area contributed by atoms with Gasteiger partial charge in [0, 0.05) is 28.4 Å². The highest BCUT2D eigenvalue weighted by Gasteiger charge is 2.39. The fraction of sp³-hybridized carbons (Fsp3) is 0.429. The van der Waals surface area contributed by atoms with Gasteiger partial charge in [-0.25, -0.2) is 9.78 Å². The molecule has 1 saturated heterocycles. The second-order valence-electron chi connectivity index (χ2n) is 11.0. The predicted octanol–water partition coefficient (Wildman–Crippen LogP) is 6.71. The zero-order chi connectivity index (χ0) is 24.5. The minimum atomic E-state index is -0.530. The number of fused-ring (bicyclic) bond motifs is 6. The van der Waals surface area contributed by atoms with Crippen molar-refractivity contribution in [2.75, 3.05) is 6.54 Å². The van der Waals surface area contributed by atoms with Crippen molar-refractivity contribution in [3.8, 4) is 28.1 Å². The molecule has 7 heteroatoms. The number of hydrogen-bond acceptors (Lipinski definition) is 4. The average molecular weight is 492 g/mol. The van der Waals surface area contributed by atoms with Crippen molar-refractivity contribution in [2.45, 2.75) is 65.2 Å². The second-order valence-corrected chi connectivity index (χ2v) is 11.5. The lowest BCUT2D eigenvalue weighted by Gasteiger charge is -2.27. The van der Waals surface area contributed by atoms with E-state index in [2.05, 4.69) is 30.1 Å². The maximum atomic E-state index is 13.0. The van der Waals surface area contributed by atoms with Gasteiger partial charge in [-0.2, -0.15) is 0 Å². The summed E-state index contributed by atoms with van der Waals surface area (Å²) in [5.41, 5.74) is 7.35. The summed E-state index contributed by atoms with van der Waals surface area (Å²) >= 11 is 6.20. The Bertz CT molecular complexity index is 1340. The summed E-state index contributed by atoms with van der Waals surface area (Å²) in [5, 5.41) is 0.726. The van der Waals surface area contributed by atoms with E-state index in [1.54, 1.807) is 0 Å². The molecular weight excluding hydrogens is 462 g/mol. The van der Waals surface area contributed by atoms with Crippen molar-refractivity contribution in [3.05, 3.63) is 58.0 Å². The van der Waals surface area contributed by atoms with Crippen LogP contribution in [0.3, 0.4) is 0 Å². The van der Waals surface area contributed by atoms with Gasteiger partial charge in [0.15, 0.2) is 0 Å². The maximum absolute atomic E-state index is 13.0. The number of amides is 1. The molecule has 35 heavy (non-hydrogen) atoms. The number of imidazole rings is 1. The minimum Gasteiger partial charge on any atom is -0.488 e. The Morgan fingerprint density at radius 3 is 2.77 bits per heavy atom. The van der Waals surface area contributed by atoms with Crippen molar-refractivity contribution in [1.82, 2.24) is 14.9 Å². The molecule has 2 atom stereocenters. The van der Waals surface area contributed by atoms with E-state index in [0.29, 0.717) is 19.1 Å². The fourth-order valence-electron chi connectivity index (χ4n) is 5.56. The van der Waals surface area contributed by atoms with E-state index < -0.39 is 5.60 Å². The summed E-state index contributed by atoms with van der Waals surface area (Å²) in [5.74, 6) is 2.11. The van der Waals surface area contributed by atoms with Crippen molar-refractivity contribution in [3.63, 3.8) is 0 Å². The third-order valence-corrected chi connectivity index (χ3v) is 7.33. The van der Waals surface area contributed by atoms with Crippen LogP contribution < -0.4 is 4.74 Å². The van der Waals surface area contributed by atoms with E-state index >= 15 is 0 Å². The van der Waals surface area contributed by atoms with Crippen LogP contribution in [0.2, 0.25) is 5.02 Å². The van der Waals surface area contributed by atoms with Gasteiger partial charge in [0.2, 0.25) is 0 Å². The van der Waals surface area contributed by atoms with Gasteiger partial charge in [0.05, 0.1) is 11.7 Å². The average Bonchev–Trinajstić information content (AvgIpc) is 3.40. The molecule has 1 N–H and O–H groups in total. The molecule has 2 aromatic carbocycles. The molecule has 0 bridgehead atoms.